The van der Waals surface area contributed by atoms with Crippen LogP contribution in [-0.2, 0) is 6.42 Å². The van der Waals surface area contributed by atoms with Gasteiger partial charge in [0.1, 0.15) is 0 Å². The van der Waals surface area contributed by atoms with E-state index in [4.69, 9.17) is 9.47 Å². The van der Waals surface area contributed by atoms with E-state index in [0.717, 1.165) is 12.8 Å². The van der Waals surface area contributed by atoms with Gasteiger partial charge in [-0.15, -0.1) is 0 Å². The average Bonchev–Trinajstić information content (AvgIpc) is 2.78. The standard InChI is InChI=1S/C11H11FO3/c12-9-7(5-11(13)3-4-11)1-2-8-10(9)15-6-14-8/h1-2,13H,3-6H2. The van der Waals surface area contributed by atoms with E-state index in [9.17, 15) is 9.50 Å². The van der Waals surface area contributed by atoms with Gasteiger partial charge >= 0.3 is 0 Å². The van der Waals surface area contributed by atoms with Crippen LogP contribution in [0.3, 0.4) is 0 Å². The molecule has 0 spiro atoms. The fourth-order valence-electron chi connectivity index (χ4n) is 1.79. The molecule has 1 aliphatic carbocycles. The van der Waals surface area contributed by atoms with Crippen molar-refractivity contribution in [1.29, 1.82) is 0 Å². The summed E-state index contributed by atoms with van der Waals surface area (Å²) >= 11 is 0. The first-order valence-electron chi connectivity index (χ1n) is 4.97. The minimum Gasteiger partial charge on any atom is -0.453 e. The second-order valence-corrected chi connectivity index (χ2v) is 4.17. The molecule has 1 aliphatic heterocycles. The maximum Gasteiger partial charge on any atom is 0.231 e. The lowest BCUT2D eigenvalue weighted by Crippen LogP contribution is -2.12. The minimum absolute atomic E-state index is 0.0694. The molecule has 2 aliphatic rings. The largest absolute Gasteiger partial charge is 0.453 e. The lowest BCUT2D eigenvalue weighted by molar-refractivity contribution is 0.149. The topological polar surface area (TPSA) is 38.7 Å². The van der Waals surface area contributed by atoms with Crippen molar-refractivity contribution >= 4 is 0 Å². The van der Waals surface area contributed by atoms with Crippen LogP contribution in [0, 0.1) is 5.82 Å². The number of ether oxygens (including phenoxy) is 2. The number of fused-ring (bicyclic) bond motifs is 1. The summed E-state index contributed by atoms with van der Waals surface area (Å²) in [5.74, 6) is 0.223. The van der Waals surface area contributed by atoms with Gasteiger partial charge in [-0.2, -0.15) is 0 Å². The fraction of sp³-hybridized carbons (Fsp3) is 0.455. The summed E-state index contributed by atoms with van der Waals surface area (Å²) in [7, 11) is 0. The highest BCUT2D eigenvalue weighted by Gasteiger charge is 2.41. The van der Waals surface area contributed by atoms with Crippen LogP contribution in [0.5, 0.6) is 11.5 Å². The van der Waals surface area contributed by atoms with Gasteiger partial charge in [-0.25, -0.2) is 4.39 Å². The molecule has 0 bridgehead atoms. The molecule has 1 N–H and O–H groups in total. The molecule has 15 heavy (non-hydrogen) atoms. The van der Waals surface area contributed by atoms with Gasteiger partial charge in [0.05, 0.1) is 5.60 Å². The van der Waals surface area contributed by atoms with Crippen molar-refractivity contribution < 1.29 is 19.0 Å². The zero-order valence-corrected chi connectivity index (χ0v) is 8.12. The number of aliphatic hydroxyl groups is 1. The molecule has 1 aromatic rings. The van der Waals surface area contributed by atoms with E-state index in [1.165, 1.54) is 0 Å². The fourth-order valence-corrected chi connectivity index (χ4v) is 1.79. The van der Waals surface area contributed by atoms with Crippen LogP contribution < -0.4 is 9.47 Å². The third-order valence-electron chi connectivity index (χ3n) is 2.91. The van der Waals surface area contributed by atoms with Gasteiger partial charge in [0.2, 0.25) is 12.5 Å². The number of benzene rings is 1. The van der Waals surface area contributed by atoms with Crippen molar-refractivity contribution in [3.05, 3.63) is 23.5 Å². The molecule has 4 heteroatoms. The highest BCUT2D eigenvalue weighted by atomic mass is 19.1. The third-order valence-corrected chi connectivity index (χ3v) is 2.91. The Balaban J connectivity index is 1.95. The zero-order chi connectivity index (χ0) is 10.5. The van der Waals surface area contributed by atoms with E-state index < -0.39 is 11.4 Å². The highest BCUT2D eigenvalue weighted by Crippen LogP contribution is 2.42. The smallest absolute Gasteiger partial charge is 0.231 e. The normalized spacial score (nSPS) is 20.4. The summed E-state index contributed by atoms with van der Waals surface area (Å²) in [5.41, 5.74) is -0.187. The number of rotatable bonds is 2. The lowest BCUT2D eigenvalue weighted by Gasteiger charge is -2.09. The molecule has 0 unspecified atom stereocenters. The molecule has 0 radical (unpaired) electrons. The molecule has 1 aromatic carbocycles. The van der Waals surface area contributed by atoms with Crippen molar-refractivity contribution in [1.82, 2.24) is 0 Å². The molecule has 0 saturated heterocycles. The Morgan fingerprint density at radius 1 is 1.33 bits per heavy atom. The number of hydrogen-bond donors (Lipinski definition) is 1. The van der Waals surface area contributed by atoms with Crippen LogP contribution in [0.2, 0.25) is 0 Å². The van der Waals surface area contributed by atoms with E-state index in [0.29, 0.717) is 17.7 Å². The van der Waals surface area contributed by atoms with E-state index in [-0.39, 0.29) is 12.5 Å². The molecule has 3 nitrogen and oxygen atoms in total. The predicted molar refractivity (Wildman–Crippen MR) is 50.4 cm³/mol. The van der Waals surface area contributed by atoms with E-state index in [2.05, 4.69) is 0 Å². The Morgan fingerprint density at radius 3 is 2.87 bits per heavy atom. The maximum atomic E-state index is 13.8. The molecule has 0 aromatic heterocycles. The van der Waals surface area contributed by atoms with Gasteiger partial charge in [-0.3, -0.25) is 0 Å². The van der Waals surface area contributed by atoms with E-state index in [1.807, 2.05) is 0 Å². The van der Waals surface area contributed by atoms with Gasteiger partial charge < -0.3 is 14.6 Å². The average molecular weight is 210 g/mol. The van der Waals surface area contributed by atoms with Gasteiger partial charge in [-0.1, -0.05) is 6.07 Å². The van der Waals surface area contributed by atoms with Gasteiger partial charge in [-0.05, 0) is 24.5 Å². The summed E-state index contributed by atoms with van der Waals surface area (Å²) < 4.78 is 23.9. The summed E-state index contributed by atoms with van der Waals surface area (Å²) in [4.78, 5) is 0. The van der Waals surface area contributed by atoms with Crippen LogP contribution >= 0.6 is 0 Å². The van der Waals surface area contributed by atoms with Crippen LogP contribution in [0.25, 0.3) is 0 Å². The Kier molecular flexibility index (Phi) is 1.71. The minimum atomic E-state index is -0.686. The molecule has 80 valence electrons. The molecule has 3 rings (SSSR count). The maximum absolute atomic E-state index is 13.8. The van der Waals surface area contributed by atoms with E-state index >= 15 is 0 Å². The number of halogens is 1. The van der Waals surface area contributed by atoms with Crippen molar-refractivity contribution in [3.8, 4) is 11.5 Å². The Morgan fingerprint density at radius 2 is 2.13 bits per heavy atom. The third kappa shape index (κ3) is 1.45. The highest BCUT2D eigenvalue weighted by molar-refractivity contribution is 5.46. The predicted octanol–water partition coefficient (Wildman–Crippen LogP) is 1.62. The Hall–Kier alpha value is -1.29. The van der Waals surface area contributed by atoms with Gasteiger partial charge in [0.25, 0.3) is 0 Å². The van der Waals surface area contributed by atoms with Crippen LogP contribution in [0.15, 0.2) is 12.1 Å². The first-order valence-corrected chi connectivity index (χ1v) is 4.97. The SMILES string of the molecule is OC1(Cc2ccc3c(c2F)OCO3)CC1. The van der Waals surface area contributed by atoms with Crippen molar-refractivity contribution in [2.45, 2.75) is 24.9 Å². The Bertz CT molecular complexity index is 413. The molecular formula is C11H11FO3. The van der Waals surface area contributed by atoms with Crippen LogP contribution in [0.1, 0.15) is 18.4 Å². The molecule has 0 atom stereocenters. The van der Waals surface area contributed by atoms with Crippen LogP contribution in [0.4, 0.5) is 4.39 Å². The Labute approximate surface area is 86.4 Å². The summed E-state index contributed by atoms with van der Waals surface area (Å²) in [6.45, 7) is 0.0694. The van der Waals surface area contributed by atoms with Crippen molar-refractivity contribution in [2.24, 2.45) is 0 Å². The second-order valence-electron chi connectivity index (χ2n) is 4.17. The van der Waals surface area contributed by atoms with E-state index in [1.54, 1.807) is 12.1 Å². The summed E-state index contributed by atoms with van der Waals surface area (Å²) in [6, 6.07) is 3.34. The first kappa shape index (κ1) is 8.97. The summed E-state index contributed by atoms with van der Waals surface area (Å²) in [5, 5.41) is 9.72. The molecule has 1 fully saturated rings. The quantitative estimate of drug-likeness (QED) is 0.806. The first-order chi connectivity index (χ1) is 7.18. The molecule has 1 saturated carbocycles. The second kappa shape index (κ2) is 2.85. The van der Waals surface area contributed by atoms with Gasteiger partial charge in [0, 0.05) is 6.42 Å². The number of hydrogen-bond acceptors (Lipinski definition) is 3. The van der Waals surface area contributed by atoms with Crippen LogP contribution in [-0.4, -0.2) is 17.5 Å². The molecule has 0 amide bonds. The van der Waals surface area contributed by atoms with Crippen molar-refractivity contribution in [2.75, 3.05) is 6.79 Å². The molecular weight excluding hydrogens is 199 g/mol. The van der Waals surface area contributed by atoms with Gasteiger partial charge in [0.15, 0.2) is 11.6 Å². The monoisotopic (exact) mass is 210 g/mol. The lowest BCUT2D eigenvalue weighted by atomic mass is 10.1. The molecule has 1 heterocycles. The zero-order valence-electron chi connectivity index (χ0n) is 8.12. The summed E-state index contributed by atoms with van der Waals surface area (Å²) in [6.07, 6.45) is 1.86. The van der Waals surface area contributed by atoms with Crippen molar-refractivity contribution in [3.63, 3.8) is 0 Å².